The summed E-state index contributed by atoms with van der Waals surface area (Å²) in [6.45, 7) is 1.95. The van der Waals surface area contributed by atoms with E-state index in [1.54, 1.807) is 0 Å². The summed E-state index contributed by atoms with van der Waals surface area (Å²) in [4.78, 5) is 0. The van der Waals surface area contributed by atoms with Gasteiger partial charge in [0.25, 0.3) is 5.92 Å². The van der Waals surface area contributed by atoms with E-state index in [4.69, 9.17) is 0 Å². The normalized spacial score (nSPS) is 34.6. The molecule has 5 atom stereocenters. The molecule has 1 aromatic carbocycles. The Hall–Kier alpha value is -1.20. The van der Waals surface area contributed by atoms with Crippen molar-refractivity contribution in [2.75, 3.05) is 0 Å². The number of alkyl halides is 3. The topological polar surface area (TPSA) is 0 Å². The van der Waals surface area contributed by atoms with E-state index in [0.29, 0.717) is 31.4 Å². The highest BCUT2D eigenvalue weighted by Crippen LogP contribution is 2.54. The highest BCUT2D eigenvalue weighted by Gasteiger charge is 2.53. The fourth-order valence-electron chi connectivity index (χ4n) is 4.80. The lowest BCUT2D eigenvalue weighted by Crippen LogP contribution is -2.31. The minimum absolute atomic E-state index is 0.0181. The summed E-state index contributed by atoms with van der Waals surface area (Å²) < 4.78 is 84.3. The highest BCUT2D eigenvalue weighted by molar-refractivity contribution is 5.26. The number of halogens is 6. The van der Waals surface area contributed by atoms with E-state index in [2.05, 4.69) is 0 Å². The van der Waals surface area contributed by atoms with Crippen LogP contribution in [0, 0.1) is 35.2 Å². The molecule has 1 aromatic rings. The molecular weight excluding hydrogens is 342 g/mol. The first-order valence-electron chi connectivity index (χ1n) is 8.91. The van der Waals surface area contributed by atoms with Crippen LogP contribution in [0.5, 0.6) is 0 Å². The molecule has 6 heteroatoms. The van der Waals surface area contributed by atoms with E-state index < -0.39 is 47.8 Å². The molecule has 140 valence electrons. The summed E-state index contributed by atoms with van der Waals surface area (Å²) in [6, 6.07) is 1.29. The zero-order chi connectivity index (χ0) is 18.4. The Morgan fingerprint density at radius 3 is 2.32 bits per heavy atom. The third-order valence-corrected chi connectivity index (χ3v) is 5.98. The third kappa shape index (κ3) is 3.41. The first kappa shape index (κ1) is 18.6. The predicted octanol–water partition coefficient (Wildman–Crippen LogP) is 6.40. The molecular formula is C19H22F6. The number of rotatable bonds is 3. The van der Waals surface area contributed by atoms with Gasteiger partial charge in [-0.1, -0.05) is 13.3 Å². The molecule has 2 aliphatic rings. The van der Waals surface area contributed by atoms with E-state index >= 15 is 0 Å². The summed E-state index contributed by atoms with van der Waals surface area (Å²) in [5, 5.41) is 0. The van der Waals surface area contributed by atoms with E-state index in [1.165, 1.54) is 0 Å². The maximum absolute atomic E-state index is 14.8. The van der Waals surface area contributed by atoms with E-state index in [9.17, 15) is 26.3 Å². The van der Waals surface area contributed by atoms with Crippen LogP contribution < -0.4 is 0 Å². The van der Waals surface area contributed by atoms with Crippen LogP contribution in [0.1, 0.15) is 56.9 Å². The van der Waals surface area contributed by atoms with Gasteiger partial charge < -0.3 is 0 Å². The summed E-state index contributed by atoms with van der Waals surface area (Å²) in [5.41, 5.74) is -0.248. The Morgan fingerprint density at radius 1 is 1.08 bits per heavy atom. The Labute approximate surface area is 143 Å². The van der Waals surface area contributed by atoms with E-state index in [0.717, 1.165) is 6.42 Å². The molecule has 0 nitrogen and oxygen atoms in total. The lowest BCUT2D eigenvalue weighted by atomic mass is 9.85. The number of benzene rings is 1. The van der Waals surface area contributed by atoms with Crippen molar-refractivity contribution in [3.8, 4) is 0 Å². The summed E-state index contributed by atoms with van der Waals surface area (Å²) in [7, 11) is 0. The molecule has 5 unspecified atom stereocenters. The van der Waals surface area contributed by atoms with Crippen LogP contribution in [-0.2, 0) is 0 Å². The Balaban J connectivity index is 1.86. The molecule has 0 aliphatic heterocycles. The quantitative estimate of drug-likeness (QED) is 0.430. The van der Waals surface area contributed by atoms with Gasteiger partial charge in [0.15, 0.2) is 17.5 Å². The maximum atomic E-state index is 14.8. The van der Waals surface area contributed by atoms with Crippen LogP contribution in [0.15, 0.2) is 12.1 Å². The zero-order valence-corrected chi connectivity index (χ0v) is 14.1. The van der Waals surface area contributed by atoms with Crippen LogP contribution in [-0.4, -0.2) is 12.1 Å². The van der Waals surface area contributed by atoms with Crippen molar-refractivity contribution in [1.82, 2.24) is 0 Å². The van der Waals surface area contributed by atoms with Gasteiger partial charge in [-0.05, 0) is 61.1 Å². The average molecular weight is 364 g/mol. The smallest absolute Gasteiger partial charge is 0.247 e. The Kier molecular flexibility index (Phi) is 5.09. The fraction of sp³-hybridized carbons (Fsp3) is 0.684. The minimum atomic E-state index is -3.28. The molecule has 25 heavy (non-hydrogen) atoms. The minimum Gasteiger partial charge on any atom is -0.247 e. The van der Waals surface area contributed by atoms with Gasteiger partial charge in [-0.15, -0.1) is 0 Å². The molecule has 0 radical (unpaired) electrons. The van der Waals surface area contributed by atoms with Gasteiger partial charge in [-0.3, -0.25) is 0 Å². The zero-order valence-electron chi connectivity index (χ0n) is 14.1. The average Bonchev–Trinajstić information content (AvgIpc) is 2.73. The van der Waals surface area contributed by atoms with Crippen LogP contribution in [0.25, 0.3) is 0 Å². The van der Waals surface area contributed by atoms with Gasteiger partial charge in [0, 0.05) is 12.3 Å². The van der Waals surface area contributed by atoms with Crippen molar-refractivity contribution in [2.24, 2.45) is 17.8 Å². The van der Waals surface area contributed by atoms with Gasteiger partial charge in [0.2, 0.25) is 0 Å². The second-order valence-corrected chi connectivity index (χ2v) is 7.55. The van der Waals surface area contributed by atoms with Crippen molar-refractivity contribution in [3.63, 3.8) is 0 Å². The summed E-state index contributed by atoms with van der Waals surface area (Å²) in [6.07, 6.45) is 0.640. The van der Waals surface area contributed by atoms with Crippen molar-refractivity contribution < 1.29 is 26.3 Å². The molecule has 0 heterocycles. The maximum Gasteiger partial charge on any atom is 0.255 e. The van der Waals surface area contributed by atoms with Crippen LogP contribution in [0.4, 0.5) is 26.3 Å². The van der Waals surface area contributed by atoms with Crippen molar-refractivity contribution >= 4 is 0 Å². The van der Waals surface area contributed by atoms with Crippen molar-refractivity contribution in [2.45, 2.75) is 63.5 Å². The lowest BCUT2D eigenvalue weighted by Gasteiger charge is -2.28. The van der Waals surface area contributed by atoms with Gasteiger partial charge in [0.05, 0.1) is 0 Å². The molecule has 0 bridgehead atoms. The Morgan fingerprint density at radius 2 is 1.72 bits per heavy atom. The molecule has 2 fully saturated rings. The highest BCUT2D eigenvalue weighted by atomic mass is 19.3. The molecule has 2 saturated carbocycles. The molecule has 0 aromatic heterocycles. The SMILES string of the molecule is CCCC1CC2CCC(c3cc(F)c(F)c(F)c3)C(F)(F)CC2C1F. The first-order valence-corrected chi connectivity index (χ1v) is 8.91. The molecule has 0 saturated heterocycles. The summed E-state index contributed by atoms with van der Waals surface area (Å²) >= 11 is 0. The standard InChI is InChI=1S/C19H22F6/c1-2-3-11-6-10-4-5-14(19(24,25)9-13(10)17(11)22)12-7-15(20)18(23)16(21)8-12/h7-8,10-11,13-14,17H,2-6,9H2,1H3. The third-order valence-electron chi connectivity index (χ3n) is 5.98. The predicted molar refractivity (Wildman–Crippen MR) is 82.7 cm³/mol. The number of hydrogen-bond acceptors (Lipinski definition) is 0. The number of fused-ring (bicyclic) bond motifs is 1. The molecule has 3 rings (SSSR count). The number of hydrogen-bond donors (Lipinski definition) is 0. The van der Waals surface area contributed by atoms with Gasteiger partial charge in [0.1, 0.15) is 6.17 Å². The van der Waals surface area contributed by atoms with Crippen molar-refractivity contribution in [1.29, 1.82) is 0 Å². The first-order chi connectivity index (χ1) is 11.7. The van der Waals surface area contributed by atoms with E-state index in [-0.39, 0.29) is 23.8 Å². The van der Waals surface area contributed by atoms with Gasteiger partial charge >= 0.3 is 0 Å². The van der Waals surface area contributed by atoms with Gasteiger partial charge in [-0.25, -0.2) is 26.3 Å². The monoisotopic (exact) mass is 364 g/mol. The second-order valence-electron chi connectivity index (χ2n) is 7.55. The largest absolute Gasteiger partial charge is 0.255 e. The van der Waals surface area contributed by atoms with Crippen LogP contribution >= 0.6 is 0 Å². The molecule has 0 N–H and O–H groups in total. The molecule has 0 amide bonds. The fourth-order valence-corrected chi connectivity index (χ4v) is 4.80. The lowest BCUT2D eigenvalue weighted by molar-refractivity contribution is -0.0532. The van der Waals surface area contributed by atoms with Crippen LogP contribution in [0.3, 0.4) is 0 Å². The molecule has 2 aliphatic carbocycles. The summed E-state index contributed by atoms with van der Waals surface area (Å²) in [5.74, 6) is -10.3. The van der Waals surface area contributed by atoms with Crippen LogP contribution in [0.2, 0.25) is 0 Å². The van der Waals surface area contributed by atoms with E-state index in [1.807, 2.05) is 6.92 Å². The van der Waals surface area contributed by atoms with Crippen molar-refractivity contribution in [3.05, 3.63) is 35.1 Å². The molecule has 0 spiro atoms. The van der Waals surface area contributed by atoms with Gasteiger partial charge in [-0.2, -0.15) is 0 Å². The Bertz CT molecular complexity index is 605. The second kappa shape index (κ2) is 6.84.